The Morgan fingerprint density at radius 2 is 1.91 bits per heavy atom. The van der Waals surface area contributed by atoms with E-state index in [-0.39, 0.29) is 16.5 Å². The van der Waals surface area contributed by atoms with Gasteiger partial charge in [0.25, 0.3) is 0 Å². The topological polar surface area (TPSA) is 40.5 Å². The summed E-state index contributed by atoms with van der Waals surface area (Å²) >= 11 is 8.64. The third-order valence-corrected chi connectivity index (χ3v) is 2.32. The molecule has 0 saturated carbocycles. The van der Waals surface area contributed by atoms with Crippen LogP contribution in [0.3, 0.4) is 0 Å². The molecule has 4 heteroatoms. The lowest BCUT2D eigenvalue weighted by Crippen LogP contribution is -1.78. The Morgan fingerprint density at radius 1 is 1.36 bits per heavy atom. The summed E-state index contributed by atoms with van der Waals surface area (Å²) in [4.78, 5) is 0. The number of hydrogen-bond acceptors (Lipinski definition) is 2. The van der Waals surface area contributed by atoms with Gasteiger partial charge in [0.2, 0.25) is 0 Å². The molecule has 0 aliphatic carbocycles. The lowest BCUT2D eigenvalue weighted by Gasteiger charge is -2.04. The summed E-state index contributed by atoms with van der Waals surface area (Å²) in [5.74, 6) is -0.206. The molecule has 0 saturated heterocycles. The molecule has 1 aromatic rings. The minimum absolute atomic E-state index is 0.0168. The first-order chi connectivity index (χ1) is 5.04. The van der Waals surface area contributed by atoms with Gasteiger partial charge in [-0.2, -0.15) is 0 Å². The summed E-state index contributed by atoms with van der Waals surface area (Å²) in [6.45, 7) is 1.70. The second-order valence-corrected chi connectivity index (χ2v) is 3.42. The molecular weight excluding hydrogens is 231 g/mol. The van der Waals surface area contributed by atoms with Crippen LogP contribution in [0.2, 0.25) is 5.02 Å². The van der Waals surface area contributed by atoms with Crippen molar-refractivity contribution in [2.24, 2.45) is 0 Å². The molecule has 2 N–H and O–H groups in total. The van der Waals surface area contributed by atoms with Gasteiger partial charge in [-0.3, -0.25) is 0 Å². The zero-order valence-corrected chi connectivity index (χ0v) is 8.07. The van der Waals surface area contributed by atoms with E-state index in [0.717, 1.165) is 0 Å². The van der Waals surface area contributed by atoms with E-state index in [1.54, 1.807) is 13.0 Å². The van der Waals surface area contributed by atoms with Gasteiger partial charge in [0.15, 0.2) is 5.75 Å². The predicted octanol–water partition coefficient (Wildman–Crippen LogP) is 2.82. The maximum absolute atomic E-state index is 9.20. The molecule has 0 heterocycles. The minimum Gasteiger partial charge on any atom is -0.506 e. The molecule has 0 radical (unpaired) electrons. The number of aromatic hydroxyl groups is 2. The summed E-state index contributed by atoms with van der Waals surface area (Å²) in [5, 5.41) is 18.4. The first kappa shape index (κ1) is 8.68. The van der Waals surface area contributed by atoms with Gasteiger partial charge in [0.1, 0.15) is 10.8 Å². The summed E-state index contributed by atoms with van der Waals surface area (Å²) in [6, 6.07) is 1.59. The minimum atomic E-state index is -0.130. The largest absolute Gasteiger partial charge is 0.506 e. The molecule has 0 bridgehead atoms. The van der Waals surface area contributed by atoms with Crippen molar-refractivity contribution in [2.75, 3.05) is 0 Å². The van der Waals surface area contributed by atoms with E-state index < -0.39 is 0 Å². The molecule has 0 atom stereocenters. The van der Waals surface area contributed by atoms with Crippen LogP contribution in [0.25, 0.3) is 0 Å². The number of hydrogen-bond donors (Lipinski definition) is 2. The number of phenols is 2. The molecule has 1 rings (SSSR count). The Hall–Kier alpha value is -0.410. The first-order valence-electron chi connectivity index (χ1n) is 2.90. The van der Waals surface area contributed by atoms with Gasteiger partial charge < -0.3 is 10.2 Å². The number of benzene rings is 1. The third-order valence-electron chi connectivity index (χ3n) is 1.36. The van der Waals surface area contributed by atoms with Crippen LogP contribution in [0.4, 0.5) is 0 Å². The van der Waals surface area contributed by atoms with Crippen LogP contribution in [-0.4, -0.2) is 10.2 Å². The summed E-state index contributed by atoms with van der Waals surface area (Å²) in [6.07, 6.45) is 0. The maximum Gasteiger partial charge on any atom is 0.152 e. The van der Waals surface area contributed by atoms with Gasteiger partial charge in [-0.15, -0.1) is 0 Å². The van der Waals surface area contributed by atoms with Gasteiger partial charge in [0.05, 0.1) is 4.47 Å². The molecule has 11 heavy (non-hydrogen) atoms. The van der Waals surface area contributed by atoms with Crippen LogP contribution < -0.4 is 0 Å². The van der Waals surface area contributed by atoms with Crippen LogP contribution in [0.1, 0.15) is 5.56 Å². The molecule has 0 amide bonds. The fourth-order valence-corrected chi connectivity index (χ4v) is 1.62. The van der Waals surface area contributed by atoms with E-state index in [1.165, 1.54) is 0 Å². The fourth-order valence-electron chi connectivity index (χ4n) is 0.717. The van der Waals surface area contributed by atoms with Crippen LogP contribution >= 0.6 is 27.5 Å². The molecule has 0 aromatic heterocycles. The van der Waals surface area contributed by atoms with Crippen molar-refractivity contribution in [3.05, 3.63) is 21.1 Å². The average molecular weight is 237 g/mol. The molecule has 2 nitrogen and oxygen atoms in total. The van der Waals surface area contributed by atoms with Gasteiger partial charge in [0, 0.05) is 0 Å². The Morgan fingerprint density at radius 3 is 2.45 bits per heavy atom. The van der Waals surface area contributed by atoms with Crippen molar-refractivity contribution < 1.29 is 10.2 Å². The molecule has 0 aliphatic heterocycles. The lowest BCUT2D eigenvalue weighted by molar-refractivity contribution is 0.446. The highest BCUT2D eigenvalue weighted by atomic mass is 79.9. The zero-order valence-electron chi connectivity index (χ0n) is 5.73. The summed E-state index contributed by atoms with van der Waals surface area (Å²) in [5.41, 5.74) is 0.625. The summed E-state index contributed by atoms with van der Waals surface area (Å²) in [7, 11) is 0. The monoisotopic (exact) mass is 236 g/mol. The number of halogens is 2. The highest BCUT2D eigenvalue weighted by molar-refractivity contribution is 9.10. The van der Waals surface area contributed by atoms with Gasteiger partial charge in [-0.05, 0) is 34.5 Å². The van der Waals surface area contributed by atoms with Crippen LogP contribution in [0.15, 0.2) is 10.5 Å². The normalized spacial score (nSPS) is 10.1. The Bertz CT molecular complexity index is 273. The molecule has 0 aliphatic rings. The molecule has 0 fully saturated rings. The van der Waals surface area contributed by atoms with Gasteiger partial charge in [-0.25, -0.2) is 0 Å². The highest BCUT2D eigenvalue weighted by Gasteiger charge is 2.10. The molecule has 0 spiro atoms. The second kappa shape index (κ2) is 2.91. The Labute approximate surface area is 77.6 Å². The lowest BCUT2D eigenvalue weighted by atomic mass is 10.2. The average Bonchev–Trinajstić information content (AvgIpc) is 1.97. The van der Waals surface area contributed by atoms with E-state index in [9.17, 15) is 10.2 Å². The third kappa shape index (κ3) is 1.44. The molecular formula is C7H6BrClO2. The van der Waals surface area contributed by atoms with Gasteiger partial charge in [-0.1, -0.05) is 11.6 Å². The number of rotatable bonds is 0. The fraction of sp³-hybridized carbons (Fsp3) is 0.143. The zero-order chi connectivity index (χ0) is 8.59. The SMILES string of the molecule is Cc1cc(Br)c(O)c(Cl)c1O. The number of phenolic OH excluding ortho intramolecular Hbond substituents is 2. The van der Waals surface area contributed by atoms with Crippen LogP contribution in [-0.2, 0) is 0 Å². The highest BCUT2D eigenvalue weighted by Crippen LogP contribution is 2.40. The van der Waals surface area contributed by atoms with E-state index in [0.29, 0.717) is 10.0 Å². The van der Waals surface area contributed by atoms with Crippen molar-refractivity contribution >= 4 is 27.5 Å². The molecule has 60 valence electrons. The smallest absolute Gasteiger partial charge is 0.152 e. The van der Waals surface area contributed by atoms with Crippen LogP contribution in [0, 0.1) is 6.92 Å². The maximum atomic E-state index is 9.20. The van der Waals surface area contributed by atoms with E-state index in [2.05, 4.69) is 15.9 Å². The van der Waals surface area contributed by atoms with Crippen LogP contribution in [0.5, 0.6) is 11.5 Å². The van der Waals surface area contributed by atoms with Crippen molar-refractivity contribution in [3.63, 3.8) is 0 Å². The van der Waals surface area contributed by atoms with E-state index in [1.807, 2.05) is 0 Å². The quantitative estimate of drug-likeness (QED) is 0.728. The predicted molar refractivity (Wildman–Crippen MR) is 47.2 cm³/mol. The standard InChI is InChI=1S/C7H6BrClO2/c1-3-2-4(8)7(11)5(9)6(3)10/h2,10-11H,1H3. The van der Waals surface area contributed by atoms with E-state index >= 15 is 0 Å². The Balaban J connectivity index is 3.46. The number of aryl methyl sites for hydroxylation is 1. The van der Waals surface area contributed by atoms with Crippen molar-refractivity contribution in [1.82, 2.24) is 0 Å². The van der Waals surface area contributed by atoms with Crippen molar-refractivity contribution in [1.29, 1.82) is 0 Å². The second-order valence-electron chi connectivity index (χ2n) is 2.19. The molecule has 1 aromatic carbocycles. The van der Waals surface area contributed by atoms with E-state index in [4.69, 9.17) is 11.6 Å². The van der Waals surface area contributed by atoms with Crippen molar-refractivity contribution in [2.45, 2.75) is 6.92 Å². The first-order valence-corrected chi connectivity index (χ1v) is 4.07. The van der Waals surface area contributed by atoms with Crippen molar-refractivity contribution in [3.8, 4) is 11.5 Å². The van der Waals surface area contributed by atoms with Gasteiger partial charge >= 0.3 is 0 Å². The summed E-state index contributed by atoms with van der Waals surface area (Å²) < 4.78 is 0.484. The Kier molecular flexibility index (Phi) is 2.30. The molecule has 0 unspecified atom stereocenters.